The molecule has 150 valence electrons. The number of hydrogen-bond acceptors (Lipinski definition) is 4. The summed E-state index contributed by atoms with van der Waals surface area (Å²) in [5.74, 6) is -1.64. The molecular formula is C22H32O5. The highest BCUT2D eigenvalue weighted by Crippen LogP contribution is 2.35. The third kappa shape index (κ3) is 6.75. The van der Waals surface area contributed by atoms with Crippen LogP contribution < -0.4 is 0 Å². The molecule has 1 aromatic carbocycles. The third-order valence-corrected chi connectivity index (χ3v) is 4.76. The van der Waals surface area contributed by atoms with E-state index in [0.717, 1.165) is 24.8 Å². The molecule has 0 spiro atoms. The molecule has 0 bridgehead atoms. The number of hydrogen-bond donors (Lipinski definition) is 4. The fourth-order valence-electron chi connectivity index (χ4n) is 2.94. The molecule has 0 aliphatic rings. The van der Waals surface area contributed by atoms with Crippen molar-refractivity contribution in [1.29, 1.82) is 0 Å². The van der Waals surface area contributed by atoms with Crippen LogP contribution in [0.4, 0.5) is 0 Å². The number of allylic oxidation sites excluding steroid dienone is 2. The molecule has 0 heterocycles. The van der Waals surface area contributed by atoms with Crippen LogP contribution in [0, 0.1) is 0 Å². The van der Waals surface area contributed by atoms with Crippen LogP contribution in [0.15, 0.2) is 29.9 Å². The Morgan fingerprint density at radius 2 is 1.93 bits per heavy atom. The highest BCUT2D eigenvalue weighted by Gasteiger charge is 2.21. The lowest BCUT2D eigenvalue weighted by atomic mass is 9.94. The quantitative estimate of drug-likeness (QED) is 0.330. The van der Waals surface area contributed by atoms with E-state index in [-0.39, 0.29) is 29.0 Å². The van der Waals surface area contributed by atoms with Crippen molar-refractivity contribution >= 4 is 5.97 Å². The second-order valence-corrected chi connectivity index (χ2v) is 7.17. The van der Waals surface area contributed by atoms with Gasteiger partial charge in [-0.1, -0.05) is 43.6 Å². The summed E-state index contributed by atoms with van der Waals surface area (Å²) in [7, 11) is 0. The molecule has 1 rings (SSSR count). The van der Waals surface area contributed by atoms with Crippen LogP contribution in [0.5, 0.6) is 11.5 Å². The largest absolute Gasteiger partial charge is 0.508 e. The number of carboxylic acid groups (broad SMARTS) is 1. The summed E-state index contributed by atoms with van der Waals surface area (Å²) in [6, 6.07) is 1.46. The zero-order valence-electron chi connectivity index (χ0n) is 16.6. The number of rotatable bonds is 11. The molecule has 0 fully saturated rings. The van der Waals surface area contributed by atoms with Crippen LogP contribution in [-0.2, 0) is 12.8 Å². The second-order valence-electron chi connectivity index (χ2n) is 7.17. The van der Waals surface area contributed by atoms with Crippen LogP contribution in [0.2, 0.25) is 0 Å². The maximum Gasteiger partial charge on any atom is 0.339 e. The van der Waals surface area contributed by atoms with Gasteiger partial charge in [-0.15, -0.1) is 0 Å². The van der Waals surface area contributed by atoms with Crippen LogP contribution in [0.1, 0.15) is 74.4 Å². The number of phenolic OH excluding ortho intramolecular Hbond substituents is 1. The molecule has 0 aromatic heterocycles. The average molecular weight is 376 g/mol. The van der Waals surface area contributed by atoms with Crippen LogP contribution in [0.3, 0.4) is 0 Å². The highest BCUT2D eigenvalue weighted by atomic mass is 16.4. The Labute approximate surface area is 161 Å². The van der Waals surface area contributed by atoms with Gasteiger partial charge in [-0.2, -0.15) is 0 Å². The van der Waals surface area contributed by atoms with Crippen molar-refractivity contribution in [3.63, 3.8) is 0 Å². The Kier molecular flexibility index (Phi) is 9.09. The summed E-state index contributed by atoms with van der Waals surface area (Å²) < 4.78 is 0. The molecule has 0 aliphatic carbocycles. The first-order valence-corrected chi connectivity index (χ1v) is 9.48. The van der Waals surface area contributed by atoms with E-state index in [4.69, 9.17) is 0 Å². The number of aliphatic hydroxyl groups excluding tert-OH is 1. The highest BCUT2D eigenvalue weighted by molar-refractivity contribution is 5.93. The van der Waals surface area contributed by atoms with Gasteiger partial charge in [-0.05, 0) is 57.6 Å². The molecule has 0 saturated heterocycles. The van der Waals surface area contributed by atoms with Gasteiger partial charge in [-0.25, -0.2) is 4.79 Å². The summed E-state index contributed by atoms with van der Waals surface area (Å²) in [6.07, 6.45) is 5.97. The molecule has 0 aliphatic heterocycles. The first-order valence-electron chi connectivity index (χ1n) is 9.48. The molecule has 5 nitrogen and oxygen atoms in total. The Hall–Kier alpha value is -2.27. The van der Waals surface area contributed by atoms with Gasteiger partial charge in [0.1, 0.15) is 17.1 Å². The van der Waals surface area contributed by atoms with E-state index >= 15 is 0 Å². The first kappa shape index (κ1) is 22.8. The van der Waals surface area contributed by atoms with E-state index in [2.05, 4.69) is 13.5 Å². The Morgan fingerprint density at radius 3 is 2.48 bits per heavy atom. The minimum absolute atomic E-state index is 0.0879. The molecule has 0 saturated carbocycles. The van der Waals surface area contributed by atoms with Crippen molar-refractivity contribution in [3.8, 4) is 11.5 Å². The molecule has 0 unspecified atom stereocenters. The van der Waals surface area contributed by atoms with Crippen molar-refractivity contribution < 1.29 is 25.2 Å². The molecular weight excluding hydrogens is 344 g/mol. The van der Waals surface area contributed by atoms with Gasteiger partial charge >= 0.3 is 5.97 Å². The fraction of sp³-hybridized carbons (Fsp3) is 0.500. The molecule has 27 heavy (non-hydrogen) atoms. The zero-order chi connectivity index (χ0) is 20.6. The number of phenols is 2. The Bertz CT molecular complexity index is 703. The number of aryl methyl sites for hydroxylation is 1. The molecule has 0 amide bonds. The van der Waals surface area contributed by atoms with Gasteiger partial charge in [0, 0.05) is 5.56 Å². The summed E-state index contributed by atoms with van der Waals surface area (Å²) in [5, 5.41) is 40.1. The van der Waals surface area contributed by atoms with Gasteiger partial charge in [0.05, 0.1) is 6.10 Å². The maximum absolute atomic E-state index is 11.6. The van der Waals surface area contributed by atoms with Crippen molar-refractivity contribution in [2.75, 3.05) is 0 Å². The molecule has 0 radical (unpaired) electrons. The Balaban J connectivity index is 3.00. The van der Waals surface area contributed by atoms with E-state index < -0.39 is 12.1 Å². The van der Waals surface area contributed by atoms with E-state index in [1.807, 2.05) is 13.0 Å². The number of aromatic carboxylic acids is 1. The van der Waals surface area contributed by atoms with Crippen LogP contribution in [0.25, 0.3) is 0 Å². The van der Waals surface area contributed by atoms with E-state index in [0.29, 0.717) is 30.4 Å². The predicted octanol–water partition coefficient (Wildman–Crippen LogP) is 4.73. The van der Waals surface area contributed by atoms with Crippen molar-refractivity contribution in [2.45, 2.75) is 71.8 Å². The molecule has 5 heteroatoms. The van der Waals surface area contributed by atoms with Crippen LogP contribution >= 0.6 is 0 Å². The number of aromatic hydroxyl groups is 2. The van der Waals surface area contributed by atoms with Gasteiger partial charge in [-0.3, -0.25) is 0 Å². The average Bonchev–Trinajstić information content (AvgIpc) is 2.58. The standard InChI is InChI=1S/C22H32O5/c1-5-6-7-8-16-13-19(24)17(21(25)20(16)22(26)27)11-9-15(4)10-12-18(23)14(2)3/h9,13,18,23-25H,2,5-8,10-12H2,1,3-4H3,(H,26,27)/b15-9+/t18-/m0/s1. The van der Waals surface area contributed by atoms with Crippen molar-refractivity contribution in [3.05, 3.63) is 46.6 Å². The van der Waals surface area contributed by atoms with Crippen molar-refractivity contribution in [2.24, 2.45) is 0 Å². The summed E-state index contributed by atoms with van der Waals surface area (Å²) in [5.41, 5.74) is 2.25. The number of benzene rings is 1. The fourth-order valence-corrected chi connectivity index (χ4v) is 2.94. The lowest BCUT2D eigenvalue weighted by molar-refractivity contribution is 0.0692. The number of aliphatic hydroxyl groups is 1. The topological polar surface area (TPSA) is 98.0 Å². The number of carboxylic acids is 1. The van der Waals surface area contributed by atoms with Crippen molar-refractivity contribution in [1.82, 2.24) is 0 Å². The van der Waals surface area contributed by atoms with E-state index in [1.165, 1.54) is 6.07 Å². The Morgan fingerprint density at radius 1 is 1.26 bits per heavy atom. The predicted molar refractivity (Wildman–Crippen MR) is 107 cm³/mol. The second kappa shape index (κ2) is 10.8. The van der Waals surface area contributed by atoms with Crippen LogP contribution in [-0.4, -0.2) is 32.5 Å². The van der Waals surface area contributed by atoms with E-state index in [1.54, 1.807) is 6.92 Å². The van der Waals surface area contributed by atoms with Gasteiger partial charge < -0.3 is 20.4 Å². The summed E-state index contributed by atoms with van der Waals surface area (Å²) in [4.78, 5) is 11.6. The molecule has 1 atom stereocenters. The number of carbonyl (C=O) groups is 1. The van der Waals surface area contributed by atoms with Gasteiger partial charge in [0.15, 0.2) is 0 Å². The monoisotopic (exact) mass is 376 g/mol. The molecule has 4 N–H and O–H groups in total. The SMILES string of the molecule is C=C(C)[C@@H](O)CC/C(C)=C/Cc1c(O)cc(CCCCC)c(C(=O)O)c1O. The smallest absolute Gasteiger partial charge is 0.339 e. The van der Waals surface area contributed by atoms with Gasteiger partial charge in [0.2, 0.25) is 0 Å². The summed E-state index contributed by atoms with van der Waals surface area (Å²) in [6.45, 7) is 9.45. The molecule has 1 aromatic rings. The summed E-state index contributed by atoms with van der Waals surface area (Å²) >= 11 is 0. The lowest BCUT2D eigenvalue weighted by Gasteiger charge is -2.14. The minimum atomic E-state index is -1.19. The normalized spacial score (nSPS) is 12.8. The van der Waals surface area contributed by atoms with E-state index in [9.17, 15) is 25.2 Å². The minimum Gasteiger partial charge on any atom is -0.508 e. The maximum atomic E-state index is 11.6. The number of unbranched alkanes of at least 4 members (excludes halogenated alkanes) is 2. The first-order chi connectivity index (χ1) is 12.7. The zero-order valence-corrected chi connectivity index (χ0v) is 16.6. The van der Waals surface area contributed by atoms with Gasteiger partial charge in [0.25, 0.3) is 0 Å². The third-order valence-electron chi connectivity index (χ3n) is 4.76. The lowest BCUT2D eigenvalue weighted by Crippen LogP contribution is -2.07.